The lowest BCUT2D eigenvalue weighted by Crippen LogP contribution is -2.23. The van der Waals surface area contributed by atoms with Crippen LogP contribution in [-0.2, 0) is 10.5 Å². The number of hydrogen-bond acceptors (Lipinski definition) is 4. The van der Waals surface area contributed by atoms with Crippen LogP contribution in [-0.4, -0.2) is 18.3 Å². The predicted octanol–water partition coefficient (Wildman–Crippen LogP) is 4.51. The first-order valence-electron chi connectivity index (χ1n) is 6.80. The molecule has 0 aliphatic heterocycles. The summed E-state index contributed by atoms with van der Waals surface area (Å²) in [7, 11) is 1.55. The van der Waals surface area contributed by atoms with Crippen LogP contribution in [0.3, 0.4) is 0 Å². The van der Waals surface area contributed by atoms with E-state index in [0.29, 0.717) is 22.2 Å². The van der Waals surface area contributed by atoms with Crippen molar-refractivity contribution in [2.45, 2.75) is 24.9 Å². The molecule has 2 rings (SSSR count). The molecular formula is C16H18ClNO3S. The molecule has 6 heteroatoms. The molecule has 0 saturated carbocycles. The van der Waals surface area contributed by atoms with Crippen molar-refractivity contribution in [2.75, 3.05) is 12.4 Å². The third-order valence-electron chi connectivity index (χ3n) is 3.16. The fourth-order valence-electron chi connectivity index (χ4n) is 1.84. The summed E-state index contributed by atoms with van der Waals surface area (Å²) in [6, 6.07) is 7.24. The minimum absolute atomic E-state index is 0.0865. The molecule has 1 unspecified atom stereocenters. The number of benzene rings is 1. The summed E-state index contributed by atoms with van der Waals surface area (Å²) in [5.41, 5.74) is 1.51. The van der Waals surface area contributed by atoms with E-state index in [1.165, 1.54) is 11.8 Å². The fourth-order valence-corrected chi connectivity index (χ4v) is 2.78. The Labute approximate surface area is 139 Å². The average Bonchev–Trinajstić information content (AvgIpc) is 3.01. The molecule has 0 spiro atoms. The van der Waals surface area contributed by atoms with Gasteiger partial charge in [0, 0.05) is 11.1 Å². The van der Waals surface area contributed by atoms with Crippen LogP contribution in [0.4, 0.5) is 5.69 Å². The third kappa shape index (κ3) is 4.21. The highest BCUT2D eigenvalue weighted by Crippen LogP contribution is 2.31. The SMILES string of the molecule is COc1cc(Cl)c(C)cc1NC(=O)C(C)SCc1ccco1. The molecule has 1 amide bonds. The Morgan fingerprint density at radius 3 is 2.91 bits per heavy atom. The van der Waals surface area contributed by atoms with Crippen molar-refractivity contribution in [2.24, 2.45) is 0 Å². The minimum atomic E-state index is -0.217. The summed E-state index contributed by atoms with van der Waals surface area (Å²) in [6.45, 7) is 3.74. The van der Waals surface area contributed by atoms with Crippen LogP contribution in [0.2, 0.25) is 5.02 Å². The number of ether oxygens (including phenoxy) is 1. The van der Waals surface area contributed by atoms with Crippen LogP contribution in [0.25, 0.3) is 0 Å². The number of nitrogens with one attached hydrogen (secondary N) is 1. The summed E-state index contributed by atoms with van der Waals surface area (Å²) in [5.74, 6) is 1.96. The largest absolute Gasteiger partial charge is 0.495 e. The zero-order chi connectivity index (χ0) is 16.1. The van der Waals surface area contributed by atoms with Gasteiger partial charge in [-0.1, -0.05) is 11.6 Å². The predicted molar refractivity (Wildman–Crippen MR) is 90.8 cm³/mol. The van der Waals surface area contributed by atoms with E-state index in [1.807, 2.05) is 32.0 Å². The third-order valence-corrected chi connectivity index (χ3v) is 4.74. The van der Waals surface area contributed by atoms with Crippen LogP contribution in [0, 0.1) is 6.92 Å². The van der Waals surface area contributed by atoms with E-state index in [1.54, 1.807) is 19.4 Å². The topological polar surface area (TPSA) is 51.5 Å². The summed E-state index contributed by atoms with van der Waals surface area (Å²) in [6.07, 6.45) is 1.63. The summed E-state index contributed by atoms with van der Waals surface area (Å²) < 4.78 is 10.5. The Morgan fingerprint density at radius 1 is 1.50 bits per heavy atom. The van der Waals surface area contributed by atoms with Gasteiger partial charge < -0.3 is 14.5 Å². The maximum atomic E-state index is 12.3. The second-order valence-corrected chi connectivity index (χ2v) is 6.56. The number of rotatable bonds is 6. The first-order chi connectivity index (χ1) is 10.5. The van der Waals surface area contributed by atoms with E-state index in [4.69, 9.17) is 20.8 Å². The number of aryl methyl sites for hydroxylation is 1. The van der Waals surface area contributed by atoms with Crippen LogP contribution < -0.4 is 10.1 Å². The molecule has 1 N–H and O–H groups in total. The van der Waals surface area contributed by atoms with Crippen molar-refractivity contribution in [1.29, 1.82) is 0 Å². The van der Waals surface area contributed by atoms with Crippen molar-refractivity contribution < 1.29 is 13.9 Å². The number of carbonyl (C=O) groups excluding carboxylic acids is 1. The van der Waals surface area contributed by atoms with Gasteiger partial charge in [-0.2, -0.15) is 0 Å². The molecule has 0 aliphatic carbocycles. The molecule has 118 valence electrons. The van der Waals surface area contributed by atoms with Crippen molar-refractivity contribution in [1.82, 2.24) is 0 Å². The molecule has 0 fully saturated rings. The molecule has 0 bridgehead atoms. The van der Waals surface area contributed by atoms with E-state index >= 15 is 0 Å². The molecular weight excluding hydrogens is 322 g/mol. The lowest BCUT2D eigenvalue weighted by Gasteiger charge is -2.15. The Kier molecular flexibility index (Phi) is 5.80. The quantitative estimate of drug-likeness (QED) is 0.841. The number of hydrogen-bond donors (Lipinski definition) is 1. The normalized spacial score (nSPS) is 12.0. The molecule has 1 aromatic heterocycles. The Bertz CT molecular complexity index is 643. The van der Waals surface area contributed by atoms with Crippen molar-refractivity contribution >= 4 is 35.0 Å². The Morgan fingerprint density at radius 2 is 2.27 bits per heavy atom. The van der Waals surface area contributed by atoms with Gasteiger partial charge in [0.1, 0.15) is 11.5 Å². The van der Waals surface area contributed by atoms with Crippen LogP contribution >= 0.6 is 23.4 Å². The molecule has 0 saturated heterocycles. The zero-order valence-corrected chi connectivity index (χ0v) is 14.3. The summed E-state index contributed by atoms with van der Waals surface area (Å²) in [5, 5.41) is 3.28. The number of amides is 1. The number of methoxy groups -OCH3 is 1. The van der Waals surface area contributed by atoms with Gasteiger partial charge in [0.15, 0.2) is 0 Å². The van der Waals surface area contributed by atoms with E-state index < -0.39 is 0 Å². The van der Waals surface area contributed by atoms with Gasteiger partial charge in [-0.25, -0.2) is 0 Å². The van der Waals surface area contributed by atoms with Crippen LogP contribution in [0.15, 0.2) is 34.9 Å². The number of furan rings is 1. The van der Waals surface area contributed by atoms with Gasteiger partial charge in [0.2, 0.25) is 5.91 Å². The van der Waals surface area contributed by atoms with Gasteiger partial charge in [0.05, 0.1) is 30.1 Å². The summed E-state index contributed by atoms with van der Waals surface area (Å²) in [4.78, 5) is 12.3. The minimum Gasteiger partial charge on any atom is -0.495 e. The van der Waals surface area contributed by atoms with Gasteiger partial charge >= 0.3 is 0 Å². The smallest absolute Gasteiger partial charge is 0.237 e. The second kappa shape index (κ2) is 7.61. The first-order valence-corrected chi connectivity index (χ1v) is 8.23. The van der Waals surface area contributed by atoms with Gasteiger partial charge in [-0.3, -0.25) is 4.79 Å². The van der Waals surface area contributed by atoms with Crippen molar-refractivity contribution in [3.05, 3.63) is 46.9 Å². The zero-order valence-electron chi connectivity index (χ0n) is 12.7. The molecule has 1 heterocycles. The van der Waals surface area contributed by atoms with E-state index in [-0.39, 0.29) is 11.2 Å². The molecule has 2 aromatic rings. The van der Waals surface area contributed by atoms with Crippen molar-refractivity contribution in [3.8, 4) is 5.75 Å². The maximum absolute atomic E-state index is 12.3. The van der Waals surface area contributed by atoms with Gasteiger partial charge in [-0.05, 0) is 37.6 Å². The summed E-state index contributed by atoms with van der Waals surface area (Å²) >= 11 is 7.57. The van der Waals surface area contributed by atoms with Gasteiger partial charge in [0.25, 0.3) is 0 Å². The Hall–Kier alpha value is -1.59. The second-order valence-electron chi connectivity index (χ2n) is 4.82. The molecule has 4 nitrogen and oxygen atoms in total. The molecule has 0 radical (unpaired) electrons. The average molecular weight is 340 g/mol. The Balaban J connectivity index is 2.00. The number of anilines is 1. The first kappa shape index (κ1) is 16.8. The molecule has 0 aliphatic rings. The van der Waals surface area contributed by atoms with Crippen molar-refractivity contribution in [3.63, 3.8) is 0 Å². The van der Waals surface area contributed by atoms with E-state index in [9.17, 15) is 4.79 Å². The molecule has 1 aromatic carbocycles. The number of halogens is 1. The monoisotopic (exact) mass is 339 g/mol. The molecule has 22 heavy (non-hydrogen) atoms. The lowest BCUT2D eigenvalue weighted by molar-refractivity contribution is -0.115. The fraction of sp³-hybridized carbons (Fsp3) is 0.312. The van der Waals surface area contributed by atoms with E-state index in [0.717, 1.165) is 11.3 Å². The maximum Gasteiger partial charge on any atom is 0.237 e. The van der Waals surface area contributed by atoms with Crippen LogP contribution in [0.1, 0.15) is 18.2 Å². The van der Waals surface area contributed by atoms with Crippen LogP contribution in [0.5, 0.6) is 5.75 Å². The highest BCUT2D eigenvalue weighted by molar-refractivity contribution is 7.99. The van der Waals surface area contributed by atoms with Gasteiger partial charge in [-0.15, -0.1) is 11.8 Å². The molecule has 1 atom stereocenters. The standard InChI is InChI=1S/C16H18ClNO3S/c1-10-7-14(15(20-3)8-13(10)17)18-16(19)11(2)22-9-12-5-4-6-21-12/h4-8,11H,9H2,1-3H3,(H,18,19). The highest BCUT2D eigenvalue weighted by Gasteiger charge is 2.17. The highest BCUT2D eigenvalue weighted by atomic mass is 35.5. The number of thioether (sulfide) groups is 1. The number of carbonyl (C=O) groups is 1. The lowest BCUT2D eigenvalue weighted by atomic mass is 10.2. The van der Waals surface area contributed by atoms with E-state index in [2.05, 4.69) is 5.32 Å².